The van der Waals surface area contributed by atoms with Crippen molar-refractivity contribution >= 4 is 0 Å². The van der Waals surface area contributed by atoms with Gasteiger partial charge in [0.15, 0.2) is 0 Å². The molecule has 1 unspecified atom stereocenters. The Morgan fingerprint density at radius 1 is 1.25 bits per heavy atom. The molecule has 20 heavy (non-hydrogen) atoms. The first-order valence-electron chi connectivity index (χ1n) is 6.95. The van der Waals surface area contributed by atoms with E-state index in [0.29, 0.717) is 18.3 Å². The van der Waals surface area contributed by atoms with Crippen LogP contribution in [0.4, 0.5) is 0 Å². The number of methoxy groups -OCH3 is 1. The van der Waals surface area contributed by atoms with Gasteiger partial charge in [-0.15, -0.1) is 0 Å². The van der Waals surface area contributed by atoms with E-state index in [1.165, 1.54) is 0 Å². The summed E-state index contributed by atoms with van der Waals surface area (Å²) in [6.07, 6.45) is 1.29. The van der Waals surface area contributed by atoms with E-state index in [4.69, 9.17) is 14.6 Å². The Hall–Kier alpha value is -1.50. The molecule has 1 aromatic carbocycles. The van der Waals surface area contributed by atoms with Crippen molar-refractivity contribution in [2.24, 2.45) is 5.92 Å². The van der Waals surface area contributed by atoms with Crippen LogP contribution in [-0.2, 0) is 11.3 Å². The quantitative estimate of drug-likeness (QED) is 0.812. The summed E-state index contributed by atoms with van der Waals surface area (Å²) in [4.78, 5) is 0. The van der Waals surface area contributed by atoms with Crippen molar-refractivity contribution < 1.29 is 14.6 Å². The number of aliphatic hydroxyl groups excluding tert-OH is 1. The molecule has 1 N–H and O–H groups in total. The van der Waals surface area contributed by atoms with Crippen LogP contribution < -0.4 is 4.74 Å². The summed E-state index contributed by atoms with van der Waals surface area (Å²) in [7, 11) is 1.61. The largest absolute Gasteiger partial charge is 0.495 e. The summed E-state index contributed by atoms with van der Waals surface area (Å²) in [5.41, 5.74) is 1.84. The molecule has 0 fully saturated rings. The van der Waals surface area contributed by atoms with Crippen molar-refractivity contribution in [2.45, 2.75) is 39.9 Å². The lowest BCUT2D eigenvalue weighted by Gasteiger charge is -2.15. The highest BCUT2D eigenvalue weighted by Gasteiger charge is 2.07. The minimum Gasteiger partial charge on any atom is -0.495 e. The van der Waals surface area contributed by atoms with Gasteiger partial charge in [0.05, 0.1) is 25.4 Å². The van der Waals surface area contributed by atoms with Gasteiger partial charge in [-0.25, -0.2) is 0 Å². The molecule has 0 radical (unpaired) electrons. The standard InChI is InChI=1S/C17H24O3/c1-13(2)10-14(3)20-12-15-7-8-17(19-4)16(11-15)6-5-9-18/h7-8,11,13-14,18H,9-10,12H2,1-4H3. The molecule has 1 rings (SSSR count). The van der Waals surface area contributed by atoms with E-state index in [1.54, 1.807) is 7.11 Å². The third-order valence-electron chi connectivity index (χ3n) is 2.90. The van der Waals surface area contributed by atoms with Crippen molar-refractivity contribution in [3.63, 3.8) is 0 Å². The molecule has 0 aromatic heterocycles. The molecule has 0 saturated carbocycles. The molecule has 0 spiro atoms. The lowest BCUT2D eigenvalue weighted by molar-refractivity contribution is 0.0397. The van der Waals surface area contributed by atoms with Crippen LogP contribution in [0.3, 0.4) is 0 Å². The van der Waals surface area contributed by atoms with Crippen LogP contribution in [0.1, 0.15) is 38.3 Å². The zero-order valence-corrected chi connectivity index (χ0v) is 12.8. The van der Waals surface area contributed by atoms with Gasteiger partial charge in [-0.1, -0.05) is 31.8 Å². The van der Waals surface area contributed by atoms with Crippen LogP contribution in [0.2, 0.25) is 0 Å². The summed E-state index contributed by atoms with van der Waals surface area (Å²) in [6, 6.07) is 5.81. The molecule has 110 valence electrons. The molecular weight excluding hydrogens is 252 g/mol. The number of hydrogen-bond acceptors (Lipinski definition) is 3. The highest BCUT2D eigenvalue weighted by Crippen LogP contribution is 2.20. The minimum atomic E-state index is -0.157. The number of benzene rings is 1. The van der Waals surface area contributed by atoms with E-state index >= 15 is 0 Å². The predicted octanol–water partition coefficient (Wildman–Crippen LogP) is 2.99. The molecule has 3 heteroatoms. The average molecular weight is 276 g/mol. The lowest BCUT2D eigenvalue weighted by atomic mass is 10.1. The summed E-state index contributed by atoms with van der Waals surface area (Å²) in [5.74, 6) is 6.88. The van der Waals surface area contributed by atoms with Crippen LogP contribution in [0.25, 0.3) is 0 Å². The molecule has 1 aromatic rings. The first-order valence-corrected chi connectivity index (χ1v) is 6.95. The molecule has 0 aliphatic heterocycles. The highest BCUT2D eigenvalue weighted by molar-refractivity contribution is 5.48. The Labute approximate surface area is 121 Å². The molecule has 1 atom stereocenters. The van der Waals surface area contributed by atoms with Crippen molar-refractivity contribution in [2.75, 3.05) is 13.7 Å². The maximum absolute atomic E-state index is 8.78. The zero-order valence-electron chi connectivity index (χ0n) is 12.8. The third-order valence-corrected chi connectivity index (χ3v) is 2.90. The SMILES string of the molecule is COc1ccc(COC(C)CC(C)C)cc1C#CCO. The van der Waals surface area contributed by atoms with Crippen molar-refractivity contribution in [1.29, 1.82) is 0 Å². The highest BCUT2D eigenvalue weighted by atomic mass is 16.5. The number of rotatable bonds is 6. The Morgan fingerprint density at radius 2 is 2.00 bits per heavy atom. The number of hydrogen-bond donors (Lipinski definition) is 1. The summed E-state index contributed by atoms with van der Waals surface area (Å²) in [6.45, 7) is 6.88. The molecule has 3 nitrogen and oxygen atoms in total. The fraction of sp³-hybridized carbons (Fsp3) is 0.529. The Balaban J connectivity index is 2.71. The predicted molar refractivity (Wildman–Crippen MR) is 80.7 cm³/mol. The molecular formula is C17H24O3. The Bertz CT molecular complexity index is 469. The monoisotopic (exact) mass is 276 g/mol. The van der Waals surface area contributed by atoms with Crippen LogP contribution in [0.5, 0.6) is 5.75 Å². The van der Waals surface area contributed by atoms with Gasteiger partial charge in [0.2, 0.25) is 0 Å². The fourth-order valence-corrected chi connectivity index (χ4v) is 2.05. The van der Waals surface area contributed by atoms with Crippen molar-refractivity contribution in [3.05, 3.63) is 29.3 Å². The normalized spacial score (nSPS) is 11.9. The van der Waals surface area contributed by atoms with Gasteiger partial charge >= 0.3 is 0 Å². The van der Waals surface area contributed by atoms with Crippen molar-refractivity contribution in [1.82, 2.24) is 0 Å². The van der Waals surface area contributed by atoms with Crippen LogP contribution >= 0.6 is 0 Å². The smallest absolute Gasteiger partial charge is 0.134 e. The second kappa shape index (κ2) is 8.63. The summed E-state index contributed by atoms with van der Waals surface area (Å²) < 4.78 is 11.1. The minimum absolute atomic E-state index is 0.157. The first-order chi connectivity index (χ1) is 9.56. The van der Waals surface area contributed by atoms with E-state index < -0.39 is 0 Å². The van der Waals surface area contributed by atoms with E-state index in [0.717, 1.165) is 17.5 Å². The maximum Gasteiger partial charge on any atom is 0.134 e. The molecule has 0 amide bonds. The van der Waals surface area contributed by atoms with E-state index in [9.17, 15) is 0 Å². The molecule has 0 aliphatic carbocycles. The second-order valence-electron chi connectivity index (χ2n) is 5.25. The second-order valence-corrected chi connectivity index (χ2v) is 5.25. The van der Waals surface area contributed by atoms with Gasteiger partial charge in [0.25, 0.3) is 0 Å². The van der Waals surface area contributed by atoms with E-state index in [1.807, 2.05) is 18.2 Å². The topological polar surface area (TPSA) is 38.7 Å². The molecule has 0 bridgehead atoms. The fourth-order valence-electron chi connectivity index (χ4n) is 2.05. The Morgan fingerprint density at radius 3 is 2.60 bits per heavy atom. The van der Waals surface area contributed by atoms with E-state index in [2.05, 4.69) is 32.6 Å². The number of ether oxygens (including phenoxy) is 2. The van der Waals surface area contributed by atoms with Gasteiger partial charge in [-0.05, 0) is 37.0 Å². The molecule has 0 aliphatic rings. The van der Waals surface area contributed by atoms with Gasteiger partial charge in [0, 0.05) is 0 Å². The Kier molecular flexibility index (Phi) is 7.14. The van der Waals surface area contributed by atoms with Crippen LogP contribution in [0, 0.1) is 17.8 Å². The first kappa shape index (κ1) is 16.6. The van der Waals surface area contributed by atoms with Gasteiger partial charge in [-0.3, -0.25) is 0 Å². The van der Waals surface area contributed by atoms with Crippen molar-refractivity contribution in [3.8, 4) is 17.6 Å². The third kappa shape index (κ3) is 5.64. The van der Waals surface area contributed by atoms with Gasteiger partial charge in [-0.2, -0.15) is 0 Å². The molecule has 0 heterocycles. The number of aliphatic hydroxyl groups is 1. The zero-order chi connectivity index (χ0) is 15.0. The summed E-state index contributed by atoms with van der Waals surface area (Å²) in [5, 5.41) is 8.78. The average Bonchev–Trinajstić information content (AvgIpc) is 2.42. The van der Waals surface area contributed by atoms with Crippen LogP contribution in [-0.4, -0.2) is 24.9 Å². The lowest BCUT2D eigenvalue weighted by Crippen LogP contribution is -2.11. The van der Waals surface area contributed by atoms with Crippen LogP contribution in [0.15, 0.2) is 18.2 Å². The maximum atomic E-state index is 8.78. The van der Waals surface area contributed by atoms with E-state index in [-0.39, 0.29) is 12.7 Å². The summed E-state index contributed by atoms with van der Waals surface area (Å²) >= 11 is 0. The van der Waals surface area contributed by atoms with Gasteiger partial charge in [0.1, 0.15) is 12.4 Å². The van der Waals surface area contributed by atoms with Gasteiger partial charge < -0.3 is 14.6 Å². The molecule has 0 saturated heterocycles.